The molecular formula is C21H18N2O3S. The first kappa shape index (κ1) is 16.4. The minimum Gasteiger partial charge on any atom is -0.472 e. The lowest BCUT2D eigenvalue weighted by molar-refractivity contribution is 0.298. The van der Waals surface area contributed by atoms with Gasteiger partial charge in [-0.25, -0.2) is 14.8 Å². The zero-order valence-electron chi connectivity index (χ0n) is 15.2. The van der Waals surface area contributed by atoms with Crippen molar-refractivity contribution in [3.63, 3.8) is 0 Å². The third-order valence-corrected chi connectivity index (χ3v) is 6.55. The molecule has 0 spiro atoms. The Morgan fingerprint density at radius 3 is 3.00 bits per heavy atom. The summed E-state index contributed by atoms with van der Waals surface area (Å²) >= 11 is 1.73. The molecule has 6 heteroatoms. The van der Waals surface area contributed by atoms with E-state index in [2.05, 4.69) is 9.97 Å². The summed E-state index contributed by atoms with van der Waals surface area (Å²) in [5.41, 5.74) is 4.48. The molecule has 0 fully saturated rings. The first-order chi connectivity index (χ1) is 13.1. The molecule has 0 atom stereocenters. The Labute approximate surface area is 159 Å². The van der Waals surface area contributed by atoms with Gasteiger partial charge in [0, 0.05) is 21.9 Å². The Hall–Kier alpha value is -2.73. The van der Waals surface area contributed by atoms with Crippen molar-refractivity contribution >= 4 is 32.5 Å². The van der Waals surface area contributed by atoms with Crippen molar-refractivity contribution in [2.24, 2.45) is 0 Å². The van der Waals surface area contributed by atoms with Crippen molar-refractivity contribution in [1.29, 1.82) is 0 Å². The lowest BCUT2D eigenvalue weighted by atomic mass is 10.0. The lowest BCUT2D eigenvalue weighted by Crippen LogP contribution is -2.06. The first-order valence-corrected chi connectivity index (χ1v) is 9.84. The molecule has 0 saturated heterocycles. The highest BCUT2D eigenvalue weighted by Gasteiger charge is 2.22. The third-order valence-electron chi connectivity index (χ3n) is 5.35. The fraction of sp³-hybridized carbons (Fsp3) is 0.286. The number of thiophene rings is 1. The molecule has 1 aliphatic rings. The van der Waals surface area contributed by atoms with Crippen LogP contribution in [-0.4, -0.2) is 9.97 Å². The van der Waals surface area contributed by atoms with Crippen molar-refractivity contribution in [3.8, 4) is 5.88 Å². The number of nitrogens with zero attached hydrogens (tertiary/aromatic N) is 2. The first-order valence-electron chi connectivity index (χ1n) is 9.03. The normalized spacial score (nSPS) is 13.4. The van der Waals surface area contributed by atoms with Gasteiger partial charge in [0.2, 0.25) is 5.88 Å². The van der Waals surface area contributed by atoms with Crippen LogP contribution in [0.4, 0.5) is 0 Å². The summed E-state index contributed by atoms with van der Waals surface area (Å²) in [6.45, 7) is 4.24. The summed E-state index contributed by atoms with van der Waals surface area (Å²) in [4.78, 5) is 23.2. The summed E-state index contributed by atoms with van der Waals surface area (Å²) in [7, 11) is 0. The van der Waals surface area contributed by atoms with Crippen LogP contribution in [0.2, 0.25) is 0 Å². The average molecular weight is 378 g/mol. The predicted molar refractivity (Wildman–Crippen MR) is 106 cm³/mol. The smallest absolute Gasteiger partial charge is 0.336 e. The van der Waals surface area contributed by atoms with Gasteiger partial charge in [0.1, 0.15) is 23.3 Å². The number of aryl methyl sites for hydroxylation is 4. The number of aromatic nitrogens is 2. The van der Waals surface area contributed by atoms with Gasteiger partial charge in [-0.3, -0.25) is 0 Å². The Kier molecular flexibility index (Phi) is 3.75. The van der Waals surface area contributed by atoms with Crippen LogP contribution in [0.15, 0.2) is 33.7 Å². The van der Waals surface area contributed by atoms with E-state index in [0.29, 0.717) is 11.5 Å². The van der Waals surface area contributed by atoms with E-state index in [0.717, 1.165) is 45.1 Å². The zero-order valence-corrected chi connectivity index (χ0v) is 16.0. The quantitative estimate of drug-likeness (QED) is 0.492. The van der Waals surface area contributed by atoms with Crippen LogP contribution in [0.1, 0.15) is 33.6 Å². The van der Waals surface area contributed by atoms with Crippen LogP contribution in [0.5, 0.6) is 5.88 Å². The van der Waals surface area contributed by atoms with Gasteiger partial charge in [-0.1, -0.05) is 12.1 Å². The molecule has 0 unspecified atom stereocenters. The summed E-state index contributed by atoms with van der Waals surface area (Å²) < 4.78 is 11.5. The number of rotatable bonds is 3. The average Bonchev–Trinajstić information content (AvgIpc) is 3.24. The van der Waals surface area contributed by atoms with Crippen molar-refractivity contribution in [2.45, 2.75) is 39.7 Å². The topological polar surface area (TPSA) is 65.2 Å². The molecule has 4 aromatic rings. The highest BCUT2D eigenvalue weighted by atomic mass is 32.1. The van der Waals surface area contributed by atoms with E-state index in [4.69, 9.17) is 9.15 Å². The van der Waals surface area contributed by atoms with Crippen LogP contribution >= 0.6 is 11.3 Å². The van der Waals surface area contributed by atoms with Gasteiger partial charge in [-0.2, -0.15) is 0 Å². The second-order valence-corrected chi connectivity index (χ2v) is 8.06. The molecule has 1 aromatic carbocycles. The number of benzene rings is 1. The standard InChI is InChI=1S/C21H18N2O3S/c1-11-6-7-14-13(8-17(24)26-19(14)12(11)2)9-25-20-18-15-4-3-5-16(15)27-21(18)23-10-22-20/h6-8,10H,3-5,9H2,1-2H3. The monoisotopic (exact) mass is 378 g/mol. The van der Waals surface area contributed by atoms with E-state index >= 15 is 0 Å². The zero-order chi connectivity index (χ0) is 18.5. The lowest BCUT2D eigenvalue weighted by Gasteiger charge is -2.11. The van der Waals surface area contributed by atoms with Crippen LogP contribution in [0.3, 0.4) is 0 Å². The number of ether oxygens (including phenoxy) is 1. The maximum Gasteiger partial charge on any atom is 0.336 e. The Morgan fingerprint density at radius 2 is 2.11 bits per heavy atom. The van der Waals surface area contributed by atoms with Crippen LogP contribution in [0, 0.1) is 13.8 Å². The fourth-order valence-electron chi connectivity index (χ4n) is 3.80. The van der Waals surface area contributed by atoms with E-state index < -0.39 is 0 Å². The third kappa shape index (κ3) is 2.63. The van der Waals surface area contributed by atoms with Crippen molar-refractivity contribution < 1.29 is 9.15 Å². The highest BCUT2D eigenvalue weighted by Crippen LogP contribution is 2.40. The van der Waals surface area contributed by atoms with Crippen molar-refractivity contribution in [1.82, 2.24) is 9.97 Å². The molecule has 3 heterocycles. The Morgan fingerprint density at radius 1 is 1.22 bits per heavy atom. The van der Waals surface area contributed by atoms with Crippen LogP contribution in [-0.2, 0) is 19.4 Å². The molecule has 1 aliphatic carbocycles. The van der Waals surface area contributed by atoms with Crippen molar-refractivity contribution in [3.05, 3.63) is 62.1 Å². The maximum absolute atomic E-state index is 12.1. The van der Waals surface area contributed by atoms with E-state index in [1.165, 1.54) is 22.9 Å². The second-order valence-electron chi connectivity index (χ2n) is 6.98. The molecule has 5 rings (SSSR count). The van der Waals surface area contributed by atoms with Crippen LogP contribution < -0.4 is 10.4 Å². The van der Waals surface area contributed by atoms with Gasteiger partial charge in [-0.05, 0) is 49.8 Å². The van der Waals surface area contributed by atoms with E-state index in [-0.39, 0.29) is 12.2 Å². The summed E-state index contributed by atoms with van der Waals surface area (Å²) in [6, 6.07) is 5.53. The maximum atomic E-state index is 12.1. The number of hydrogen-bond donors (Lipinski definition) is 0. The Bertz CT molecular complexity index is 1260. The highest BCUT2D eigenvalue weighted by molar-refractivity contribution is 7.18. The summed E-state index contributed by atoms with van der Waals surface area (Å²) in [5.74, 6) is 0.602. The van der Waals surface area contributed by atoms with Gasteiger partial charge >= 0.3 is 5.63 Å². The SMILES string of the molecule is Cc1ccc2c(COc3ncnc4sc5c(c34)CCC5)cc(=O)oc2c1C. The van der Waals surface area contributed by atoms with Crippen LogP contribution in [0.25, 0.3) is 21.2 Å². The molecule has 0 N–H and O–H groups in total. The molecule has 136 valence electrons. The van der Waals surface area contributed by atoms with E-state index in [1.807, 2.05) is 26.0 Å². The fourth-order valence-corrected chi connectivity index (χ4v) is 5.02. The molecule has 0 radical (unpaired) electrons. The minimum absolute atomic E-state index is 0.265. The van der Waals surface area contributed by atoms with Gasteiger partial charge < -0.3 is 9.15 Å². The minimum atomic E-state index is -0.362. The molecule has 0 bridgehead atoms. The molecular weight excluding hydrogens is 360 g/mol. The molecule has 3 aromatic heterocycles. The van der Waals surface area contributed by atoms with E-state index in [9.17, 15) is 4.79 Å². The van der Waals surface area contributed by atoms with Crippen molar-refractivity contribution in [2.75, 3.05) is 0 Å². The molecule has 0 amide bonds. The second kappa shape index (κ2) is 6.16. The summed E-state index contributed by atoms with van der Waals surface area (Å²) in [5, 5.41) is 1.94. The van der Waals surface area contributed by atoms with Gasteiger partial charge in [0.15, 0.2) is 0 Å². The number of fused-ring (bicyclic) bond motifs is 4. The Balaban J connectivity index is 1.57. The van der Waals surface area contributed by atoms with E-state index in [1.54, 1.807) is 17.7 Å². The predicted octanol–water partition coefficient (Wildman–Crippen LogP) is 4.48. The largest absolute Gasteiger partial charge is 0.472 e. The molecule has 27 heavy (non-hydrogen) atoms. The summed E-state index contributed by atoms with van der Waals surface area (Å²) in [6.07, 6.45) is 4.89. The number of hydrogen-bond acceptors (Lipinski definition) is 6. The van der Waals surface area contributed by atoms with Gasteiger partial charge in [0.05, 0.1) is 5.39 Å². The molecule has 5 nitrogen and oxygen atoms in total. The molecule has 0 aliphatic heterocycles. The van der Waals surface area contributed by atoms with Gasteiger partial charge in [0.25, 0.3) is 0 Å². The van der Waals surface area contributed by atoms with Gasteiger partial charge in [-0.15, -0.1) is 11.3 Å². The molecule has 0 saturated carbocycles.